The molecule has 0 aliphatic heterocycles. The van der Waals surface area contributed by atoms with Crippen molar-refractivity contribution in [3.8, 4) is 0 Å². The molecule has 60 valence electrons. The summed E-state index contributed by atoms with van der Waals surface area (Å²) >= 11 is 16.1. The second-order valence-electron chi connectivity index (χ2n) is 1.96. The molecule has 0 aliphatic rings. The first-order valence-electron chi connectivity index (χ1n) is 2.85. The summed E-state index contributed by atoms with van der Waals surface area (Å²) in [5, 5.41) is 1.52. The van der Waals surface area contributed by atoms with Gasteiger partial charge in [0.2, 0.25) is 0 Å². The first-order chi connectivity index (χ1) is 5.16. The number of rotatable bonds is 1. The van der Waals surface area contributed by atoms with Crippen LogP contribution in [0.15, 0.2) is 21.1 Å². The van der Waals surface area contributed by atoms with Gasteiger partial charge < -0.3 is 0 Å². The van der Waals surface area contributed by atoms with Crippen LogP contribution in [0.3, 0.4) is 0 Å². The number of benzene rings is 1. The predicted octanol–water partition coefficient (Wildman–Crippen LogP) is 4.76. The summed E-state index contributed by atoms with van der Waals surface area (Å²) < 4.78 is 1.96. The van der Waals surface area contributed by atoms with Crippen molar-refractivity contribution in [2.24, 2.45) is 0 Å². The van der Waals surface area contributed by atoms with Crippen LogP contribution in [0.1, 0.15) is 5.56 Å². The van der Waals surface area contributed by atoms with Crippen LogP contribution in [0.5, 0.6) is 0 Å². The summed E-state index contributed by atoms with van der Waals surface area (Å²) in [6.45, 7) is 0. The SMILES string of the molecule is Clc1c(Br)ccc(Br)c1CBr. The van der Waals surface area contributed by atoms with Gasteiger partial charge in [0.05, 0.1) is 5.02 Å². The highest BCUT2D eigenvalue weighted by atomic mass is 79.9. The van der Waals surface area contributed by atoms with Crippen LogP contribution in [-0.4, -0.2) is 0 Å². The molecule has 0 aromatic heterocycles. The Kier molecular flexibility index (Phi) is 3.89. The van der Waals surface area contributed by atoms with E-state index in [0.717, 1.165) is 24.9 Å². The summed E-state index contributed by atoms with van der Waals surface area (Å²) in [7, 11) is 0. The van der Waals surface area contributed by atoms with E-state index in [1.807, 2.05) is 12.1 Å². The van der Waals surface area contributed by atoms with Crippen molar-refractivity contribution < 1.29 is 0 Å². The monoisotopic (exact) mass is 360 g/mol. The van der Waals surface area contributed by atoms with E-state index in [4.69, 9.17) is 11.6 Å². The summed E-state index contributed by atoms with van der Waals surface area (Å²) in [4.78, 5) is 0. The zero-order chi connectivity index (χ0) is 8.43. The lowest BCUT2D eigenvalue weighted by Gasteiger charge is -2.04. The minimum absolute atomic E-state index is 0.756. The molecule has 1 aromatic rings. The normalized spacial score (nSPS) is 10.2. The van der Waals surface area contributed by atoms with E-state index in [9.17, 15) is 0 Å². The molecule has 11 heavy (non-hydrogen) atoms. The summed E-state index contributed by atoms with van der Waals surface area (Å²) in [5.41, 5.74) is 1.07. The lowest BCUT2D eigenvalue weighted by atomic mass is 10.2. The highest BCUT2D eigenvalue weighted by Gasteiger charge is 2.06. The Morgan fingerprint density at radius 1 is 1.18 bits per heavy atom. The molecule has 0 unspecified atom stereocenters. The molecule has 0 aliphatic carbocycles. The molecule has 0 heterocycles. The quantitative estimate of drug-likeness (QED) is 0.499. The Morgan fingerprint density at radius 3 is 2.18 bits per heavy atom. The maximum Gasteiger partial charge on any atom is 0.0599 e. The maximum absolute atomic E-state index is 5.99. The predicted molar refractivity (Wildman–Crippen MR) is 59.5 cm³/mol. The lowest BCUT2D eigenvalue weighted by molar-refractivity contribution is 1.38. The minimum atomic E-state index is 0.756. The van der Waals surface area contributed by atoms with Gasteiger partial charge in [0, 0.05) is 14.3 Å². The van der Waals surface area contributed by atoms with Crippen molar-refractivity contribution in [3.63, 3.8) is 0 Å². The molecule has 0 amide bonds. The van der Waals surface area contributed by atoms with Crippen LogP contribution in [0.25, 0.3) is 0 Å². The molecular formula is C7H4Br3Cl. The van der Waals surface area contributed by atoms with Gasteiger partial charge in [-0.3, -0.25) is 0 Å². The van der Waals surface area contributed by atoms with Crippen molar-refractivity contribution >= 4 is 59.4 Å². The number of hydrogen-bond donors (Lipinski definition) is 0. The largest absolute Gasteiger partial charge is 0.0875 e. The van der Waals surface area contributed by atoms with Crippen molar-refractivity contribution in [3.05, 3.63) is 31.7 Å². The van der Waals surface area contributed by atoms with Crippen molar-refractivity contribution in [1.29, 1.82) is 0 Å². The van der Waals surface area contributed by atoms with Gasteiger partial charge in [0.25, 0.3) is 0 Å². The summed E-state index contributed by atoms with van der Waals surface area (Å²) in [5.74, 6) is 0. The maximum atomic E-state index is 5.99. The van der Waals surface area contributed by atoms with Crippen molar-refractivity contribution in [2.75, 3.05) is 0 Å². The van der Waals surface area contributed by atoms with Gasteiger partial charge in [-0.15, -0.1) is 0 Å². The lowest BCUT2D eigenvalue weighted by Crippen LogP contribution is -1.82. The summed E-state index contributed by atoms with van der Waals surface area (Å²) in [6.07, 6.45) is 0. The third-order valence-corrected chi connectivity index (χ3v) is 3.90. The molecule has 0 fully saturated rings. The molecular weight excluding hydrogens is 359 g/mol. The molecule has 0 atom stereocenters. The zero-order valence-electron chi connectivity index (χ0n) is 5.37. The number of alkyl halides is 1. The molecule has 0 nitrogen and oxygen atoms in total. The van der Waals surface area contributed by atoms with Gasteiger partial charge in [-0.05, 0) is 33.6 Å². The van der Waals surface area contributed by atoms with Crippen LogP contribution >= 0.6 is 59.4 Å². The second-order valence-corrected chi connectivity index (χ2v) is 4.60. The molecule has 0 N–H and O–H groups in total. The van der Waals surface area contributed by atoms with Gasteiger partial charge in [-0.2, -0.15) is 0 Å². The van der Waals surface area contributed by atoms with Gasteiger partial charge in [-0.25, -0.2) is 0 Å². The Balaban J connectivity index is 3.29. The Morgan fingerprint density at radius 2 is 1.73 bits per heavy atom. The highest BCUT2D eigenvalue weighted by Crippen LogP contribution is 2.32. The smallest absolute Gasteiger partial charge is 0.0599 e. The molecule has 1 rings (SSSR count). The topological polar surface area (TPSA) is 0 Å². The molecule has 1 aromatic carbocycles. The molecule has 4 heteroatoms. The Hall–Kier alpha value is 0.950. The van der Waals surface area contributed by atoms with E-state index >= 15 is 0 Å². The number of hydrogen-bond acceptors (Lipinski definition) is 0. The summed E-state index contributed by atoms with van der Waals surface area (Å²) in [6, 6.07) is 3.88. The van der Waals surface area contributed by atoms with Crippen LogP contribution in [0, 0.1) is 0 Å². The fraction of sp³-hybridized carbons (Fsp3) is 0.143. The van der Waals surface area contributed by atoms with Crippen molar-refractivity contribution in [2.45, 2.75) is 5.33 Å². The molecule has 0 saturated carbocycles. The van der Waals surface area contributed by atoms with Crippen LogP contribution in [0.2, 0.25) is 5.02 Å². The zero-order valence-corrected chi connectivity index (χ0v) is 10.9. The van der Waals surface area contributed by atoms with Gasteiger partial charge in [-0.1, -0.05) is 43.5 Å². The average Bonchev–Trinajstić information content (AvgIpc) is 1.99. The minimum Gasteiger partial charge on any atom is -0.0875 e. The third-order valence-electron chi connectivity index (χ3n) is 1.27. The Bertz CT molecular complexity index is 273. The van der Waals surface area contributed by atoms with Crippen LogP contribution < -0.4 is 0 Å². The first kappa shape index (κ1) is 10.0. The van der Waals surface area contributed by atoms with Crippen molar-refractivity contribution in [1.82, 2.24) is 0 Å². The fourth-order valence-electron chi connectivity index (χ4n) is 0.692. The third kappa shape index (κ3) is 2.20. The highest BCUT2D eigenvalue weighted by molar-refractivity contribution is 9.11. The standard InChI is InChI=1S/C7H4Br3Cl/c8-3-4-5(9)1-2-6(10)7(4)11/h1-2H,3H2. The second kappa shape index (κ2) is 4.26. The van der Waals surface area contributed by atoms with E-state index in [1.165, 1.54) is 0 Å². The van der Waals surface area contributed by atoms with E-state index in [2.05, 4.69) is 47.8 Å². The van der Waals surface area contributed by atoms with E-state index in [1.54, 1.807) is 0 Å². The molecule has 0 bridgehead atoms. The van der Waals surface area contributed by atoms with E-state index < -0.39 is 0 Å². The van der Waals surface area contributed by atoms with Crippen LogP contribution in [-0.2, 0) is 5.33 Å². The fourth-order valence-corrected chi connectivity index (χ4v) is 3.00. The molecule has 0 saturated heterocycles. The Labute approximate surface area is 95.7 Å². The van der Waals surface area contributed by atoms with E-state index in [0.29, 0.717) is 0 Å². The number of halogens is 4. The van der Waals surface area contributed by atoms with E-state index in [-0.39, 0.29) is 0 Å². The first-order valence-corrected chi connectivity index (χ1v) is 5.93. The van der Waals surface area contributed by atoms with Crippen LogP contribution in [0.4, 0.5) is 0 Å². The average molecular weight is 363 g/mol. The van der Waals surface area contributed by atoms with Gasteiger partial charge in [0.15, 0.2) is 0 Å². The van der Waals surface area contributed by atoms with Gasteiger partial charge in [0.1, 0.15) is 0 Å². The molecule has 0 spiro atoms. The molecule has 0 radical (unpaired) electrons. The van der Waals surface area contributed by atoms with Gasteiger partial charge >= 0.3 is 0 Å².